The van der Waals surface area contributed by atoms with Crippen LogP contribution in [0.3, 0.4) is 0 Å². The van der Waals surface area contributed by atoms with Gasteiger partial charge in [0.25, 0.3) is 10.0 Å². The number of carbonyl (C=O) groups is 1. The first-order chi connectivity index (χ1) is 14.7. The van der Waals surface area contributed by atoms with Crippen LogP contribution in [-0.4, -0.2) is 55.3 Å². The number of benzene rings is 1. The molecule has 6 nitrogen and oxygen atoms in total. The predicted octanol–water partition coefficient (Wildman–Crippen LogP) is 3.84. The number of hydrogen-bond acceptors (Lipinski definition) is 5. The van der Waals surface area contributed by atoms with Crippen molar-refractivity contribution in [3.05, 3.63) is 52.9 Å². The molecule has 3 heterocycles. The zero-order valence-electron chi connectivity index (χ0n) is 18.3. The number of morpholine rings is 1. The number of sulfonamides is 1. The number of thiophene rings is 1. The molecule has 0 spiro atoms. The van der Waals surface area contributed by atoms with Crippen molar-refractivity contribution in [1.29, 1.82) is 0 Å². The minimum Gasteiger partial charge on any atom is -0.369 e. The van der Waals surface area contributed by atoms with Gasteiger partial charge in [0.05, 0.1) is 24.6 Å². The van der Waals surface area contributed by atoms with E-state index in [1.807, 2.05) is 62.1 Å². The fourth-order valence-electron chi connectivity index (χ4n) is 4.37. The van der Waals surface area contributed by atoms with E-state index in [9.17, 15) is 13.2 Å². The van der Waals surface area contributed by atoms with Crippen molar-refractivity contribution in [3.8, 4) is 0 Å². The fraction of sp³-hybridized carbons (Fsp3) is 0.522. The second kappa shape index (κ2) is 8.65. The van der Waals surface area contributed by atoms with Crippen molar-refractivity contribution in [1.82, 2.24) is 9.21 Å². The molecule has 0 saturated carbocycles. The number of carbonyl (C=O) groups excluding carboxylic acids is 1. The van der Waals surface area contributed by atoms with Gasteiger partial charge in [-0.3, -0.25) is 4.79 Å². The molecule has 2 fully saturated rings. The van der Waals surface area contributed by atoms with E-state index in [0.29, 0.717) is 36.7 Å². The van der Waals surface area contributed by atoms with Crippen LogP contribution in [0.1, 0.15) is 43.2 Å². The number of nitrogens with zero attached hydrogens (tertiary/aromatic N) is 2. The standard InChI is InChI=1S/C23H30N2O4S2/c1-17-11-12-21(30-17)31(27,28)24-13-7-10-19(14-24)22(26)25-15-20(29-16-23(25,2)3)18-8-5-4-6-9-18/h4-6,8-9,11-12,19-20H,7,10,13-16H2,1-3H3. The monoisotopic (exact) mass is 462 g/mol. The summed E-state index contributed by atoms with van der Waals surface area (Å²) in [6.07, 6.45) is 1.22. The van der Waals surface area contributed by atoms with Gasteiger partial charge in [0.2, 0.25) is 5.91 Å². The van der Waals surface area contributed by atoms with Gasteiger partial charge in [0.1, 0.15) is 10.3 Å². The molecule has 0 bridgehead atoms. The van der Waals surface area contributed by atoms with Crippen LogP contribution in [-0.2, 0) is 19.6 Å². The molecule has 8 heteroatoms. The topological polar surface area (TPSA) is 66.9 Å². The molecule has 2 aliphatic heterocycles. The molecule has 1 aromatic carbocycles. The molecule has 31 heavy (non-hydrogen) atoms. The van der Waals surface area contributed by atoms with Crippen molar-refractivity contribution < 1.29 is 17.9 Å². The van der Waals surface area contributed by atoms with E-state index >= 15 is 0 Å². The molecule has 0 radical (unpaired) electrons. The average molecular weight is 463 g/mol. The second-order valence-electron chi connectivity index (χ2n) is 9.04. The molecular weight excluding hydrogens is 432 g/mol. The summed E-state index contributed by atoms with van der Waals surface area (Å²) in [6, 6.07) is 13.4. The van der Waals surface area contributed by atoms with Crippen molar-refractivity contribution in [2.24, 2.45) is 5.92 Å². The predicted molar refractivity (Wildman–Crippen MR) is 121 cm³/mol. The minimum atomic E-state index is -3.56. The molecule has 2 unspecified atom stereocenters. The molecule has 1 aromatic heterocycles. The Balaban J connectivity index is 1.52. The summed E-state index contributed by atoms with van der Waals surface area (Å²) >= 11 is 1.28. The van der Waals surface area contributed by atoms with Gasteiger partial charge in [-0.25, -0.2) is 8.42 Å². The quantitative estimate of drug-likeness (QED) is 0.693. The van der Waals surface area contributed by atoms with E-state index in [1.54, 1.807) is 6.07 Å². The number of piperidine rings is 1. The van der Waals surface area contributed by atoms with Gasteiger partial charge >= 0.3 is 0 Å². The van der Waals surface area contributed by atoms with Gasteiger partial charge in [-0.2, -0.15) is 4.31 Å². The Labute approximate surface area is 188 Å². The van der Waals surface area contributed by atoms with E-state index < -0.39 is 15.6 Å². The summed E-state index contributed by atoms with van der Waals surface area (Å²) in [5, 5.41) is 0. The van der Waals surface area contributed by atoms with Crippen LogP contribution in [0.2, 0.25) is 0 Å². The zero-order chi connectivity index (χ0) is 22.2. The Morgan fingerprint density at radius 3 is 2.55 bits per heavy atom. The van der Waals surface area contributed by atoms with Crippen LogP contribution in [0.25, 0.3) is 0 Å². The summed E-state index contributed by atoms with van der Waals surface area (Å²) in [5.74, 6) is -0.310. The number of amides is 1. The first-order valence-electron chi connectivity index (χ1n) is 10.7. The molecule has 2 atom stereocenters. The van der Waals surface area contributed by atoms with Crippen LogP contribution >= 0.6 is 11.3 Å². The number of rotatable bonds is 4. The first kappa shape index (κ1) is 22.5. The van der Waals surface area contributed by atoms with Crippen molar-refractivity contribution in [2.75, 3.05) is 26.2 Å². The highest BCUT2D eigenvalue weighted by atomic mass is 32.2. The normalized spacial score (nSPS) is 24.8. The first-order valence-corrected chi connectivity index (χ1v) is 13.0. The molecule has 1 amide bonds. The Morgan fingerprint density at radius 1 is 1.13 bits per heavy atom. The maximum Gasteiger partial charge on any atom is 0.252 e. The largest absolute Gasteiger partial charge is 0.369 e. The summed E-state index contributed by atoms with van der Waals surface area (Å²) < 4.78 is 34.1. The molecule has 0 N–H and O–H groups in total. The van der Waals surface area contributed by atoms with Crippen LogP contribution in [0.5, 0.6) is 0 Å². The third kappa shape index (κ3) is 4.58. The van der Waals surface area contributed by atoms with Crippen molar-refractivity contribution in [2.45, 2.75) is 49.5 Å². The van der Waals surface area contributed by atoms with Crippen molar-refractivity contribution in [3.63, 3.8) is 0 Å². The molecular formula is C23H30N2O4S2. The maximum absolute atomic E-state index is 13.6. The molecule has 168 valence electrons. The molecule has 0 aliphatic carbocycles. The lowest BCUT2D eigenvalue weighted by Gasteiger charge is -2.47. The van der Waals surface area contributed by atoms with E-state index in [4.69, 9.17) is 4.74 Å². The maximum atomic E-state index is 13.6. The molecule has 4 rings (SSSR count). The van der Waals surface area contributed by atoms with Crippen LogP contribution in [0.15, 0.2) is 46.7 Å². The van der Waals surface area contributed by atoms with E-state index in [1.165, 1.54) is 15.6 Å². The highest BCUT2D eigenvalue weighted by molar-refractivity contribution is 7.91. The van der Waals surface area contributed by atoms with Crippen LogP contribution in [0.4, 0.5) is 0 Å². The van der Waals surface area contributed by atoms with Gasteiger partial charge in [-0.15, -0.1) is 11.3 Å². The lowest BCUT2D eigenvalue weighted by molar-refractivity contribution is -0.160. The van der Waals surface area contributed by atoms with Gasteiger partial charge < -0.3 is 9.64 Å². The summed E-state index contributed by atoms with van der Waals surface area (Å²) in [4.78, 5) is 16.5. The lowest BCUT2D eigenvalue weighted by atomic mass is 9.92. The highest BCUT2D eigenvalue weighted by Crippen LogP contribution is 2.34. The zero-order valence-corrected chi connectivity index (χ0v) is 19.9. The summed E-state index contributed by atoms with van der Waals surface area (Å²) in [7, 11) is -3.56. The molecule has 2 aromatic rings. The lowest BCUT2D eigenvalue weighted by Crippen LogP contribution is -2.59. The second-order valence-corrected chi connectivity index (χ2v) is 12.5. The molecule has 2 saturated heterocycles. The average Bonchev–Trinajstić information content (AvgIpc) is 3.21. The van der Waals surface area contributed by atoms with Gasteiger partial charge in [-0.05, 0) is 51.3 Å². The highest BCUT2D eigenvalue weighted by Gasteiger charge is 2.43. The SMILES string of the molecule is Cc1ccc(S(=O)(=O)N2CCCC(C(=O)N3CC(c4ccccc4)OCC3(C)C)C2)s1. The third-order valence-electron chi connectivity index (χ3n) is 6.20. The van der Waals surface area contributed by atoms with Crippen molar-refractivity contribution >= 4 is 27.3 Å². The van der Waals surface area contributed by atoms with Crippen LogP contribution in [0, 0.1) is 12.8 Å². The third-order valence-corrected chi connectivity index (χ3v) is 9.53. The van der Waals surface area contributed by atoms with E-state index in [2.05, 4.69) is 0 Å². The Morgan fingerprint density at radius 2 is 1.87 bits per heavy atom. The Kier molecular flexibility index (Phi) is 6.27. The van der Waals surface area contributed by atoms with Gasteiger partial charge in [0.15, 0.2) is 0 Å². The Bertz CT molecular complexity index is 1030. The van der Waals surface area contributed by atoms with Crippen LogP contribution < -0.4 is 0 Å². The van der Waals surface area contributed by atoms with E-state index in [0.717, 1.165) is 10.4 Å². The Hall–Kier alpha value is -1.74. The number of ether oxygens (including phenoxy) is 1. The van der Waals surface area contributed by atoms with E-state index in [-0.39, 0.29) is 24.5 Å². The number of aryl methyl sites for hydroxylation is 1. The summed E-state index contributed by atoms with van der Waals surface area (Å²) in [5.41, 5.74) is 0.616. The van der Waals surface area contributed by atoms with Gasteiger partial charge in [-0.1, -0.05) is 30.3 Å². The minimum absolute atomic E-state index is 0.0245. The fourth-order valence-corrected chi connectivity index (χ4v) is 7.33. The smallest absolute Gasteiger partial charge is 0.252 e. The molecule has 2 aliphatic rings. The summed E-state index contributed by atoms with van der Waals surface area (Å²) in [6.45, 7) is 7.54. The van der Waals surface area contributed by atoms with Gasteiger partial charge in [0, 0.05) is 18.0 Å². The number of hydrogen-bond donors (Lipinski definition) is 0.